The van der Waals surface area contributed by atoms with Crippen molar-refractivity contribution in [3.05, 3.63) is 29.3 Å². The van der Waals surface area contributed by atoms with Gasteiger partial charge in [-0.25, -0.2) is 0 Å². The molecule has 0 radical (unpaired) electrons. The third-order valence-electron chi connectivity index (χ3n) is 3.07. The van der Waals surface area contributed by atoms with Crippen molar-refractivity contribution in [2.75, 3.05) is 6.54 Å². The van der Waals surface area contributed by atoms with Gasteiger partial charge in [-0.05, 0) is 36.0 Å². The zero-order valence-corrected chi connectivity index (χ0v) is 9.39. The summed E-state index contributed by atoms with van der Waals surface area (Å²) in [7, 11) is -0.667. The first-order valence-electron chi connectivity index (χ1n) is 5.60. The largest absolute Gasteiger partial charge is 0.480 e. The second kappa shape index (κ2) is 4.87. The molecule has 17 heavy (non-hydrogen) atoms. The molecule has 1 aromatic carbocycles. The standard InChI is InChI=1S/C11H15BN2O3/c13-10(11(15)16)6-7-2-1-3-9-8(7)4-5-14-12(9)17/h1-3,10,14,17H,4-6,13H2,(H,15,16)/t10-/m0/s1. The number of fused-ring (bicyclic) bond motifs is 1. The van der Waals surface area contributed by atoms with Gasteiger partial charge in [0, 0.05) is 0 Å². The van der Waals surface area contributed by atoms with Crippen molar-refractivity contribution in [2.45, 2.75) is 18.9 Å². The minimum atomic E-state index is -1.00. The van der Waals surface area contributed by atoms with Gasteiger partial charge in [0.1, 0.15) is 6.04 Å². The third kappa shape index (κ3) is 2.49. The Labute approximate surface area is 99.8 Å². The maximum absolute atomic E-state index is 10.7. The maximum atomic E-state index is 10.7. The fourth-order valence-electron chi connectivity index (χ4n) is 2.17. The quantitative estimate of drug-likeness (QED) is 0.476. The Morgan fingerprint density at radius 3 is 3.06 bits per heavy atom. The number of nitrogens with one attached hydrogen (secondary N) is 1. The van der Waals surface area contributed by atoms with Gasteiger partial charge < -0.3 is 21.1 Å². The summed E-state index contributed by atoms with van der Waals surface area (Å²) in [6.07, 6.45) is 1.08. The fourth-order valence-corrected chi connectivity index (χ4v) is 2.17. The number of nitrogens with two attached hydrogens (primary N) is 1. The van der Waals surface area contributed by atoms with E-state index in [4.69, 9.17) is 10.8 Å². The molecule has 1 aliphatic heterocycles. The minimum Gasteiger partial charge on any atom is -0.480 e. The molecule has 90 valence electrons. The van der Waals surface area contributed by atoms with E-state index in [1.54, 1.807) is 0 Å². The van der Waals surface area contributed by atoms with Gasteiger partial charge in [0.15, 0.2) is 0 Å². The van der Waals surface area contributed by atoms with E-state index in [9.17, 15) is 9.82 Å². The molecule has 6 heteroatoms. The molecule has 1 atom stereocenters. The van der Waals surface area contributed by atoms with Crippen molar-refractivity contribution < 1.29 is 14.9 Å². The first kappa shape index (κ1) is 12.1. The summed E-state index contributed by atoms with van der Waals surface area (Å²) >= 11 is 0. The van der Waals surface area contributed by atoms with Crippen LogP contribution in [0.3, 0.4) is 0 Å². The molecule has 0 fully saturated rings. The van der Waals surface area contributed by atoms with E-state index in [0.29, 0.717) is 13.0 Å². The normalized spacial score (nSPS) is 16.5. The van der Waals surface area contributed by atoms with Crippen molar-refractivity contribution >= 4 is 18.5 Å². The average molecular weight is 234 g/mol. The summed E-state index contributed by atoms with van der Waals surface area (Å²) in [6.45, 7) is 0.688. The molecule has 5 nitrogen and oxygen atoms in total. The van der Waals surface area contributed by atoms with Crippen molar-refractivity contribution in [1.82, 2.24) is 5.23 Å². The number of carboxylic acids is 1. The fraction of sp³-hybridized carbons (Fsp3) is 0.364. The van der Waals surface area contributed by atoms with Crippen LogP contribution in [0.2, 0.25) is 0 Å². The minimum absolute atomic E-state index is 0.297. The van der Waals surface area contributed by atoms with Crippen LogP contribution in [-0.4, -0.2) is 35.7 Å². The molecule has 0 aromatic heterocycles. The number of aliphatic carboxylic acids is 1. The summed E-state index contributed by atoms with van der Waals surface area (Å²) in [5, 5.41) is 21.5. The average Bonchev–Trinajstić information content (AvgIpc) is 2.30. The van der Waals surface area contributed by atoms with Crippen molar-refractivity contribution in [3.63, 3.8) is 0 Å². The van der Waals surface area contributed by atoms with Crippen LogP contribution in [-0.2, 0) is 17.6 Å². The second-order valence-corrected chi connectivity index (χ2v) is 4.24. The Hall–Kier alpha value is -1.37. The summed E-state index contributed by atoms with van der Waals surface area (Å²) in [5.74, 6) is -1.00. The van der Waals surface area contributed by atoms with Gasteiger partial charge >= 0.3 is 13.0 Å². The van der Waals surface area contributed by atoms with E-state index in [1.165, 1.54) is 0 Å². The number of rotatable bonds is 3. The second-order valence-electron chi connectivity index (χ2n) is 4.24. The molecule has 0 unspecified atom stereocenters. The van der Waals surface area contributed by atoms with Crippen LogP contribution in [0.1, 0.15) is 11.1 Å². The van der Waals surface area contributed by atoms with E-state index >= 15 is 0 Å². The molecule has 0 bridgehead atoms. The Kier molecular flexibility index (Phi) is 3.47. The lowest BCUT2D eigenvalue weighted by molar-refractivity contribution is -0.138. The monoisotopic (exact) mass is 234 g/mol. The van der Waals surface area contributed by atoms with Crippen LogP contribution >= 0.6 is 0 Å². The first-order chi connectivity index (χ1) is 8.09. The Balaban J connectivity index is 2.29. The van der Waals surface area contributed by atoms with E-state index in [0.717, 1.165) is 23.0 Å². The Morgan fingerprint density at radius 1 is 1.59 bits per heavy atom. The maximum Gasteiger partial charge on any atom is 0.413 e. The molecule has 0 saturated heterocycles. The molecule has 0 aliphatic carbocycles. The van der Waals surface area contributed by atoms with Crippen LogP contribution in [0.25, 0.3) is 0 Å². The van der Waals surface area contributed by atoms with Gasteiger partial charge in [0.2, 0.25) is 0 Å². The molecular weight excluding hydrogens is 219 g/mol. The lowest BCUT2D eigenvalue weighted by atomic mass is 9.67. The first-order valence-corrected chi connectivity index (χ1v) is 5.60. The highest BCUT2D eigenvalue weighted by Crippen LogP contribution is 2.12. The molecule has 0 amide bonds. The molecule has 0 saturated carbocycles. The van der Waals surface area contributed by atoms with Gasteiger partial charge in [0.05, 0.1) is 0 Å². The van der Waals surface area contributed by atoms with Crippen LogP contribution < -0.4 is 16.4 Å². The predicted octanol–water partition coefficient (Wildman–Crippen LogP) is -1.53. The molecule has 2 rings (SSSR count). The van der Waals surface area contributed by atoms with Crippen LogP contribution in [0.15, 0.2) is 18.2 Å². The molecule has 1 aliphatic rings. The lowest BCUT2D eigenvalue weighted by Gasteiger charge is -2.23. The molecule has 5 N–H and O–H groups in total. The van der Waals surface area contributed by atoms with E-state index < -0.39 is 19.1 Å². The molecule has 0 spiro atoms. The van der Waals surface area contributed by atoms with Gasteiger partial charge in [-0.15, -0.1) is 0 Å². The number of hydrogen-bond donors (Lipinski definition) is 4. The van der Waals surface area contributed by atoms with E-state index in [2.05, 4.69) is 5.23 Å². The highest BCUT2D eigenvalue weighted by Gasteiger charge is 2.25. The van der Waals surface area contributed by atoms with Crippen molar-refractivity contribution in [2.24, 2.45) is 5.73 Å². The highest BCUT2D eigenvalue weighted by atomic mass is 16.4. The summed E-state index contributed by atoms with van der Waals surface area (Å²) < 4.78 is 0. The van der Waals surface area contributed by atoms with Crippen LogP contribution in [0.4, 0.5) is 0 Å². The van der Waals surface area contributed by atoms with Gasteiger partial charge in [-0.2, -0.15) is 0 Å². The summed E-state index contributed by atoms with van der Waals surface area (Å²) in [6, 6.07) is 4.65. The molecule has 1 aromatic rings. The highest BCUT2D eigenvalue weighted by molar-refractivity contribution is 6.64. The number of carboxylic acid groups (broad SMARTS) is 1. The lowest BCUT2D eigenvalue weighted by Crippen LogP contribution is -2.52. The van der Waals surface area contributed by atoms with Crippen molar-refractivity contribution in [1.29, 1.82) is 0 Å². The smallest absolute Gasteiger partial charge is 0.413 e. The zero-order valence-electron chi connectivity index (χ0n) is 9.39. The topological polar surface area (TPSA) is 95.6 Å². The van der Waals surface area contributed by atoms with E-state index in [1.807, 2.05) is 18.2 Å². The van der Waals surface area contributed by atoms with Gasteiger partial charge in [0.25, 0.3) is 0 Å². The molecule has 1 heterocycles. The number of benzene rings is 1. The van der Waals surface area contributed by atoms with E-state index in [-0.39, 0.29) is 0 Å². The Bertz CT molecular complexity index is 439. The zero-order chi connectivity index (χ0) is 12.4. The Morgan fingerprint density at radius 2 is 2.35 bits per heavy atom. The SMILES string of the molecule is N[C@@H](Cc1cccc2c1CCNB2O)C(=O)O. The predicted molar refractivity (Wildman–Crippen MR) is 65.1 cm³/mol. The molecular formula is C11H15BN2O3. The van der Waals surface area contributed by atoms with Crippen LogP contribution in [0.5, 0.6) is 0 Å². The summed E-state index contributed by atoms with van der Waals surface area (Å²) in [5.41, 5.74) is 8.30. The number of hydrogen-bond acceptors (Lipinski definition) is 4. The number of carbonyl (C=O) groups is 1. The summed E-state index contributed by atoms with van der Waals surface area (Å²) in [4.78, 5) is 10.7. The van der Waals surface area contributed by atoms with Crippen molar-refractivity contribution in [3.8, 4) is 0 Å². The van der Waals surface area contributed by atoms with Gasteiger partial charge in [-0.3, -0.25) is 4.79 Å². The van der Waals surface area contributed by atoms with Crippen LogP contribution in [0, 0.1) is 0 Å². The third-order valence-corrected chi connectivity index (χ3v) is 3.07. The van der Waals surface area contributed by atoms with Gasteiger partial charge in [-0.1, -0.05) is 18.2 Å².